The highest BCUT2D eigenvalue weighted by atomic mass is 127. The number of rotatable bonds is 5. The molecule has 27 heavy (non-hydrogen) atoms. The van der Waals surface area contributed by atoms with Crippen LogP contribution in [-0.2, 0) is 5.41 Å². The molecule has 1 aliphatic rings. The number of nitrogens with one attached hydrogen (secondary N) is 2. The van der Waals surface area contributed by atoms with Crippen LogP contribution >= 0.6 is 24.0 Å². The molecule has 1 aromatic rings. The van der Waals surface area contributed by atoms with Crippen molar-refractivity contribution < 1.29 is 9.18 Å². The first-order valence-corrected chi connectivity index (χ1v) is 9.17. The summed E-state index contributed by atoms with van der Waals surface area (Å²) in [5, 5.41) is 6.70. The van der Waals surface area contributed by atoms with Crippen molar-refractivity contribution in [2.45, 2.75) is 45.1 Å². The molecule has 8 heteroatoms. The van der Waals surface area contributed by atoms with Crippen LogP contribution in [0.3, 0.4) is 0 Å². The van der Waals surface area contributed by atoms with Crippen LogP contribution in [0.1, 0.15) is 39.2 Å². The smallest absolute Gasteiger partial charge is 0.314 e. The van der Waals surface area contributed by atoms with Crippen LogP contribution in [-0.4, -0.2) is 49.1 Å². The fourth-order valence-electron chi connectivity index (χ4n) is 3.04. The van der Waals surface area contributed by atoms with Crippen molar-refractivity contribution in [1.29, 1.82) is 0 Å². The van der Waals surface area contributed by atoms with E-state index in [-0.39, 0.29) is 47.3 Å². The maximum atomic E-state index is 13.5. The highest BCUT2D eigenvalue weighted by Crippen LogP contribution is 2.24. The summed E-state index contributed by atoms with van der Waals surface area (Å²) in [7, 11) is 0. The lowest BCUT2D eigenvalue weighted by Crippen LogP contribution is -2.51. The minimum absolute atomic E-state index is 0. The number of guanidine groups is 1. The van der Waals surface area contributed by atoms with E-state index in [0.29, 0.717) is 19.6 Å². The normalized spacial score (nSPS) is 15.9. The Labute approximate surface area is 178 Å². The average molecular weight is 491 g/mol. The molecule has 2 amide bonds. The number of carbonyl (C=O) groups excluding carboxylic acids is 1. The van der Waals surface area contributed by atoms with Crippen molar-refractivity contribution in [3.63, 3.8) is 0 Å². The first kappa shape index (κ1) is 23.5. The number of carbonyl (C=O) groups is 1. The van der Waals surface area contributed by atoms with Gasteiger partial charge in [-0.1, -0.05) is 26.0 Å². The number of likely N-dealkylation sites (tertiary alicyclic amines) is 1. The Morgan fingerprint density at radius 1 is 1.37 bits per heavy atom. The van der Waals surface area contributed by atoms with Gasteiger partial charge in [-0.2, -0.15) is 0 Å². The summed E-state index contributed by atoms with van der Waals surface area (Å²) in [6.07, 6.45) is 1.67. The largest absolute Gasteiger partial charge is 0.357 e. The highest BCUT2D eigenvalue weighted by molar-refractivity contribution is 14.0. The van der Waals surface area contributed by atoms with Gasteiger partial charge < -0.3 is 21.3 Å². The third-order valence-corrected chi connectivity index (χ3v) is 4.73. The summed E-state index contributed by atoms with van der Waals surface area (Å²) >= 11 is 0. The number of hydrogen-bond donors (Lipinski definition) is 3. The number of hydrogen-bond acceptors (Lipinski definition) is 2. The fourth-order valence-corrected chi connectivity index (χ4v) is 3.04. The van der Waals surface area contributed by atoms with Gasteiger partial charge in [-0.25, -0.2) is 9.18 Å². The molecule has 0 saturated carbocycles. The van der Waals surface area contributed by atoms with Gasteiger partial charge in [0, 0.05) is 31.1 Å². The van der Waals surface area contributed by atoms with Gasteiger partial charge in [-0.3, -0.25) is 4.99 Å². The molecule has 0 spiro atoms. The number of benzene rings is 1. The minimum atomic E-state index is -0.360. The third-order valence-electron chi connectivity index (χ3n) is 4.73. The lowest BCUT2D eigenvalue weighted by Gasteiger charge is -2.32. The first-order valence-electron chi connectivity index (χ1n) is 9.17. The van der Waals surface area contributed by atoms with Crippen molar-refractivity contribution in [3.8, 4) is 0 Å². The summed E-state index contributed by atoms with van der Waals surface area (Å²) in [4.78, 5) is 17.6. The first-order chi connectivity index (χ1) is 12.3. The standard InChI is InChI=1S/C19H30FN5O.HI/c1-4-22-18(24-16-8-10-25(11-9-16)17(21)26)23-13-19(2,3)14-6-5-7-15(20)12-14;/h5-7,12,16H,4,8-11,13H2,1-3H3,(H2,21,26)(H2,22,23,24);1H. The maximum Gasteiger partial charge on any atom is 0.314 e. The average Bonchev–Trinajstić information content (AvgIpc) is 2.60. The van der Waals surface area contributed by atoms with Crippen LogP contribution in [0, 0.1) is 5.82 Å². The van der Waals surface area contributed by atoms with Gasteiger partial charge in [-0.05, 0) is 37.5 Å². The Morgan fingerprint density at radius 3 is 2.59 bits per heavy atom. The molecule has 1 aliphatic heterocycles. The molecular weight excluding hydrogens is 460 g/mol. The van der Waals surface area contributed by atoms with Gasteiger partial charge in [-0.15, -0.1) is 24.0 Å². The topological polar surface area (TPSA) is 82.8 Å². The van der Waals surface area contributed by atoms with E-state index in [1.807, 2.05) is 13.0 Å². The number of nitrogens with two attached hydrogens (primary N) is 1. The summed E-state index contributed by atoms with van der Waals surface area (Å²) in [6.45, 7) is 8.73. The van der Waals surface area contributed by atoms with E-state index in [0.717, 1.165) is 30.9 Å². The van der Waals surface area contributed by atoms with E-state index < -0.39 is 0 Å². The number of aliphatic imine (C=N–C) groups is 1. The highest BCUT2D eigenvalue weighted by Gasteiger charge is 2.23. The number of piperidine rings is 1. The van der Waals surface area contributed by atoms with Gasteiger partial charge in [0.1, 0.15) is 5.82 Å². The molecule has 6 nitrogen and oxygen atoms in total. The summed E-state index contributed by atoms with van der Waals surface area (Å²) < 4.78 is 13.5. The number of amides is 2. The SMILES string of the molecule is CCNC(=NCC(C)(C)c1cccc(F)c1)NC1CCN(C(N)=O)CC1.I. The van der Waals surface area contributed by atoms with Gasteiger partial charge >= 0.3 is 6.03 Å². The van der Waals surface area contributed by atoms with Crippen LogP contribution < -0.4 is 16.4 Å². The van der Waals surface area contributed by atoms with Crippen molar-refractivity contribution in [3.05, 3.63) is 35.6 Å². The Bertz CT molecular complexity index is 645. The van der Waals surface area contributed by atoms with E-state index in [4.69, 9.17) is 10.7 Å². The zero-order chi connectivity index (χ0) is 19.2. The zero-order valence-corrected chi connectivity index (χ0v) is 18.6. The fraction of sp³-hybridized carbons (Fsp3) is 0.579. The molecular formula is C19H31FIN5O. The predicted molar refractivity (Wildman–Crippen MR) is 118 cm³/mol. The molecule has 0 aliphatic carbocycles. The maximum absolute atomic E-state index is 13.5. The number of primary amides is 1. The Balaban J connectivity index is 0.00000364. The summed E-state index contributed by atoms with van der Waals surface area (Å²) in [6, 6.07) is 6.56. The minimum Gasteiger partial charge on any atom is -0.357 e. The molecule has 1 fully saturated rings. The van der Waals surface area contributed by atoms with Crippen LogP contribution in [0.2, 0.25) is 0 Å². The molecule has 0 atom stereocenters. The molecule has 0 bridgehead atoms. The molecule has 0 aromatic heterocycles. The molecule has 2 rings (SSSR count). The van der Waals surface area contributed by atoms with Crippen LogP contribution in [0.5, 0.6) is 0 Å². The molecule has 152 valence electrons. The molecule has 4 N–H and O–H groups in total. The zero-order valence-electron chi connectivity index (χ0n) is 16.3. The van der Waals surface area contributed by atoms with Crippen LogP contribution in [0.15, 0.2) is 29.3 Å². The second-order valence-corrected chi connectivity index (χ2v) is 7.33. The molecule has 1 saturated heterocycles. The van der Waals surface area contributed by atoms with E-state index in [2.05, 4.69) is 24.5 Å². The van der Waals surface area contributed by atoms with E-state index in [1.165, 1.54) is 6.07 Å². The second kappa shape index (κ2) is 10.7. The van der Waals surface area contributed by atoms with Gasteiger partial charge in [0.25, 0.3) is 0 Å². The van der Waals surface area contributed by atoms with Crippen molar-refractivity contribution in [2.24, 2.45) is 10.7 Å². The second-order valence-electron chi connectivity index (χ2n) is 7.33. The molecule has 0 radical (unpaired) electrons. The molecule has 0 unspecified atom stereocenters. The monoisotopic (exact) mass is 491 g/mol. The summed E-state index contributed by atoms with van der Waals surface area (Å²) in [5.74, 6) is 0.514. The lowest BCUT2D eigenvalue weighted by atomic mass is 9.85. The number of urea groups is 1. The van der Waals surface area contributed by atoms with E-state index in [1.54, 1.807) is 17.0 Å². The van der Waals surface area contributed by atoms with Crippen LogP contribution in [0.25, 0.3) is 0 Å². The number of nitrogens with zero attached hydrogens (tertiary/aromatic N) is 2. The number of halogens is 2. The Morgan fingerprint density at radius 2 is 2.04 bits per heavy atom. The Kier molecular flexibility index (Phi) is 9.28. The quantitative estimate of drug-likeness (QED) is 0.337. The predicted octanol–water partition coefficient (Wildman–Crippen LogP) is 2.82. The summed E-state index contributed by atoms with van der Waals surface area (Å²) in [5.41, 5.74) is 5.97. The van der Waals surface area contributed by atoms with Gasteiger partial charge in [0.15, 0.2) is 5.96 Å². The van der Waals surface area contributed by atoms with E-state index >= 15 is 0 Å². The van der Waals surface area contributed by atoms with Gasteiger partial charge in [0.05, 0.1) is 6.54 Å². The Hall–Kier alpha value is -1.58. The third kappa shape index (κ3) is 7.15. The van der Waals surface area contributed by atoms with Crippen molar-refractivity contribution >= 4 is 36.0 Å². The molecule has 1 heterocycles. The van der Waals surface area contributed by atoms with Crippen molar-refractivity contribution in [1.82, 2.24) is 15.5 Å². The molecule has 1 aromatic carbocycles. The van der Waals surface area contributed by atoms with E-state index in [9.17, 15) is 9.18 Å². The van der Waals surface area contributed by atoms with Crippen molar-refractivity contribution in [2.75, 3.05) is 26.2 Å². The van der Waals surface area contributed by atoms with Gasteiger partial charge in [0.2, 0.25) is 0 Å². The van der Waals surface area contributed by atoms with Crippen LogP contribution in [0.4, 0.5) is 9.18 Å². The lowest BCUT2D eigenvalue weighted by molar-refractivity contribution is 0.188.